The van der Waals surface area contributed by atoms with Crippen LogP contribution < -0.4 is 0 Å². The van der Waals surface area contributed by atoms with Gasteiger partial charge in [0.1, 0.15) is 34.9 Å². The maximum atomic E-state index is 14.7. The monoisotopic (exact) mass is 1440 g/mol. The largest absolute Gasteiger partial charge is 0.207 e. The molecule has 103 heavy (non-hydrogen) atoms. The third-order valence-electron chi connectivity index (χ3n) is 22.2. The number of rotatable bonds is 18. The number of hydrogen-bond donors (Lipinski definition) is 0. The summed E-state index contributed by atoms with van der Waals surface area (Å²) in [7, 11) is 0. The van der Waals surface area contributed by atoms with Gasteiger partial charge < -0.3 is 0 Å². The molecule has 4 aliphatic rings. The molecule has 0 atom stereocenters. The van der Waals surface area contributed by atoms with Crippen LogP contribution in [-0.4, -0.2) is 0 Å². The third kappa shape index (κ3) is 21.5. The summed E-state index contributed by atoms with van der Waals surface area (Å²) in [6.07, 6.45) is 30.5. The lowest BCUT2D eigenvalue weighted by Gasteiger charge is -2.29. The highest BCUT2D eigenvalue weighted by atomic mass is 19.2. The molecule has 0 aliphatic heterocycles. The Morgan fingerprint density at radius 1 is 0.252 bits per heavy atom. The van der Waals surface area contributed by atoms with E-state index in [-0.39, 0.29) is 57.5 Å². The van der Waals surface area contributed by atoms with Crippen LogP contribution in [0.3, 0.4) is 0 Å². The Kier molecular flexibility index (Phi) is 30.5. The fourth-order valence-electron chi connectivity index (χ4n) is 15.9. The van der Waals surface area contributed by atoms with Gasteiger partial charge in [-0.2, -0.15) is 0 Å². The first-order chi connectivity index (χ1) is 49.0. The van der Waals surface area contributed by atoms with E-state index in [9.17, 15) is 65.9 Å². The smallest absolute Gasteiger partial charge is 0.194 e. The van der Waals surface area contributed by atoms with Gasteiger partial charge in [-0.25, -0.2) is 65.9 Å². The zero-order valence-corrected chi connectivity index (χ0v) is 59.2. The van der Waals surface area contributed by atoms with Crippen molar-refractivity contribution in [2.24, 2.45) is 23.7 Å². The van der Waals surface area contributed by atoms with E-state index < -0.39 is 87.3 Å². The van der Waals surface area contributed by atoms with Gasteiger partial charge in [0, 0.05) is 27.8 Å². The van der Waals surface area contributed by atoms with Crippen LogP contribution in [0.1, 0.15) is 254 Å². The summed E-state index contributed by atoms with van der Waals surface area (Å²) in [5, 5.41) is 0. The zero-order chi connectivity index (χ0) is 73.3. The van der Waals surface area contributed by atoms with Crippen LogP contribution in [-0.2, 0) is 0 Å². The van der Waals surface area contributed by atoms with Gasteiger partial charge in [-0.3, -0.25) is 0 Å². The second-order valence-corrected chi connectivity index (χ2v) is 29.0. The Balaban J connectivity index is 0.000000174. The molecule has 4 aliphatic carbocycles. The van der Waals surface area contributed by atoms with E-state index >= 15 is 0 Å². The van der Waals surface area contributed by atoms with E-state index in [1.165, 1.54) is 139 Å². The molecule has 15 heteroatoms. The lowest BCUT2D eigenvalue weighted by atomic mass is 9.77. The van der Waals surface area contributed by atoms with Crippen molar-refractivity contribution in [1.29, 1.82) is 0 Å². The SMILES string of the molecule is C.CCC1CCC(c2ccc(-c3cc(F)c(F)c(F)c3)c(F)c2)CC1.CCCC1CCC(c2ccc(-c3cc(F)c(F)c(F)c3)c(F)c2)CC1.CCCCC1CCC(c2ccc(-c3cc(F)c(F)c(F)c3)c(F)c2)CC1.CCCCCC1CCC(c2ccc(-c3cc(F)c(C)c(F)c3)c(F)c2)CC1. The van der Waals surface area contributed by atoms with E-state index in [0.717, 1.165) is 159 Å². The lowest BCUT2D eigenvalue weighted by molar-refractivity contribution is 0.302. The molecule has 0 nitrogen and oxygen atoms in total. The summed E-state index contributed by atoms with van der Waals surface area (Å²) in [6, 6.07) is 27.0. The molecule has 0 heterocycles. The van der Waals surface area contributed by atoms with Crippen molar-refractivity contribution in [3.63, 3.8) is 0 Å². The minimum Gasteiger partial charge on any atom is -0.207 e. The number of benzene rings is 8. The predicted octanol–water partition coefficient (Wildman–Crippen LogP) is 29.5. The Hall–Kier alpha value is -7.29. The molecule has 12 rings (SSSR count). The Bertz CT molecular complexity index is 3960. The molecular formula is C88H99F15. The standard InChI is InChI=1S/C24H29F3.C22H24F4.C21H22F4.C20H20F4.CH4/c1-3-4-5-6-17-7-9-18(10-8-17)19-11-12-21(24(27)13-19)20-14-22(25)16(2)23(26)15-20;1-2-3-4-14-5-7-15(8-6-14)16-9-10-18(19(23)11-16)17-12-20(24)22(26)21(25)13-17;1-2-3-13-4-6-14(7-5-13)15-8-9-17(18(22)10-15)16-11-19(23)21(25)20(24)12-16;1-2-12-3-5-13(6-4-12)14-7-8-16(17(21)9-14)15-10-18(22)20(24)19(23)11-15;/h11-15,17-18H,3-10H2,1-2H3;9-15H,2-8H2,1H3;8-14H,2-7H2,1H3;7-13H,2-6H2,1H3;1H4. The Labute approximate surface area is 600 Å². The molecule has 0 spiro atoms. The van der Waals surface area contributed by atoms with Crippen molar-refractivity contribution in [1.82, 2.24) is 0 Å². The van der Waals surface area contributed by atoms with E-state index in [4.69, 9.17) is 0 Å². The van der Waals surface area contributed by atoms with Gasteiger partial charge in [-0.05, 0) is 274 Å². The van der Waals surface area contributed by atoms with Gasteiger partial charge in [0.25, 0.3) is 0 Å². The van der Waals surface area contributed by atoms with Crippen molar-refractivity contribution in [2.45, 2.75) is 233 Å². The predicted molar refractivity (Wildman–Crippen MR) is 386 cm³/mol. The minimum absolute atomic E-state index is 0. The van der Waals surface area contributed by atoms with Crippen LogP contribution in [0.25, 0.3) is 44.5 Å². The van der Waals surface area contributed by atoms with Gasteiger partial charge >= 0.3 is 0 Å². The quantitative estimate of drug-likeness (QED) is 0.0456. The molecule has 556 valence electrons. The van der Waals surface area contributed by atoms with Gasteiger partial charge in [-0.1, -0.05) is 148 Å². The fourth-order valence-corrected chi connectivity index (χ4v) is 15.9. The molecule has 0 radical (unpaired) electrons. The highest BCUT2D eigenvalue weighted by Gasteiger charge is 2.28. The van der Waals surface area contributed by atoms with Gasteiger partial charge in [0.05, 0.1) is 0 Å². The van der Waals surface area contributed by atoms with Crippen LogP contribution >= 0.6 is 0 Å². The van der Waals surface area contributed by atoms with Crippen LogP contribution in [0.5, 0.6) is 0 Å². The van der Waals surface area contributed by atoms with E-state index in [1.807, 2.05) is 24.3 Å². The molecule has 8 aromatic rings. The minimum atomic E-state index is -1.54. The summed E-state index contributed by atoms with van der Waals surface area (Å²) in [6.45, 7) is 10.2. The van der Waals surface area contributed by atoms with Crippen LogP contribution in [0.4, 0.5) is 65.9 Å². The molecule has 4 fully saturated rings. The van der Waals surface area contributed by atoms with Crippen molar-refractivity contribution in [3.05, 3.63) is 236 Å². The second kappa shape index (κ2) is 38.6. The third-order valence-corrected chi connectivity index (χ3v) is 22.2. The van der Waals surface area contributed by atoms with E-state index in [0.29, 0.717) is 23.7 Å². The highest BCUT2D eigenvalue weighted by molar-refractivity contribution is 5.68. The molecule has 0 bridgehead atoms. The first-order valence-corrected chi connectivity index (χ1v) is 37.1. The summed E-state index contributed by atoms with van der Waals surface area (Å²) >= 11 is 0. The van der Waals surface area contributed by atoms with Gasteiger partial charge in [0.15, 0.2) is 52.4 Å². The van der Waals surface area contributed by atoms with Crippen LogP contribution in [0.2, 0.25) is 0 Å². The number of unbranched alkanes of at least 4 members (excludes halogenated alkanes) is 3. The topological polar surface area (TPSA) is 0 Å². The highest BCUT2D eigenvalue weighted by Crippen LogP contribution is 2.44. The fraction of sp³-hybridized carbons (Fsp3) is 0.455. The molecule has 0 unspecified atom stereocenters. The molecule has 0 N–H and O–H groups in total. The Morgan fingerprint density at radius 3 is 0.738 bits per heavy atom. The first-order valence-electron chi connectivity index (χ1n) is 37.1. The molecule has 0 aromatic heterocycles. The normalized spacial score (nSPS) is 20.3. The van der Waals surface area contributed by atoms with E-state index in [2.05, 4.69) is 27.7 Å². The maximum Gasteiger partial charge on any atom is 0.194 e. The summed E-state index contributed by atoms with van der Waals surface area (Å²) in [5.41, 5.74) is 4.54. The van der Waals surface area contributed by atoms with Crippen molar-refractivity contribution < 1.29 is 65.9 Å². The van der Waals surface area contributed by atoms with Crippen molar-refractivity contribution in [3.8, 4) is 44.5 Å². The van der Waals surface area contributed by atoms with Crippen LogP contribution in [0, 0.1) is 118 Å². The average Bonchev–Trinajstić information content (AvgIpc) is 0.819. The summed E-state index contributed by atoms with van der Waals surface area (Å²) < 4.78 is 205. The number of halogens is 15. The molecule has 0 saturated heterocycles. The summed E-state index contributed by atoms with van der Waals surface area (Å²) in [5.74, 6) is -11.3. The summed E-state index contributed by atoms with van der Waals surface area (Å²) in [4.78, 5) is 0. The zero-order valence-electron chi connectivity index (χ0n) is 59.2. The molecule has 8 aromatic carbocycles. The number of hydrogen-bond acceptors (Lipinski definition) is 0. The first kappa shape index (κ1) is 81.4. The van der Waals surface area contributed by atoms with Crippen molar-refractivity contribution >= 4 is 0 Å². The van der Waals surface area contributed by atoms with Crippen molar-refractivity contribution in [2.75, 3.05) is 0 Å². The average molecular weight is 1440 g/mol. The lowest BCUT2D eigenvalue weighted by Crippen LogP contribution is -2.13. The van der Waals surface area contributed by atoms with Crippen LogP contribution in [0.15, 0.2) is 121 Å². The van der Waals surface area contributed by atoms with E-state index in [1.54, 1.807) is 18.2 Å². The van der Waals surface area contributed by atoms with Gasteiger partial charge in [0.2, 0.25) is 0 Å². The maximum absolute atomic E-state index is 14.7. The van der Waals surface area contributed by atoms with Gasteiger partial charge in [-0.15, -0.1) is 0 Å². The Morgan fingerprint density at radius 2 is 0.495 bits per heavy atom. The second-order valence-electron chi connectivity index (χ2n) is 29.0. The molecule has 4 saturated carbocycles. The molecule has 0 amide bonds. The molecular weight excluding hydrogens is 1340 g/mol.